The van der Waals surface area contributed by atoms with E-state index in [2.05, 4.69) is 0 Å². The van der Waals surface area contributed by atoms with E-state index in [1.807, 2.05) is 0 Å². The molecule has 0 rings (SSSR count). The third-order valence-corrected chi connectivity index (χ3v) is 0. The van der Waals surface area contributed by atoms with Crippen LogP contribution in [-0.4, -0.2) is 34.1 Å². The summed E-state index contributed by atoms with van der Waals surface area (Å²) in [6.07, 6.45) is 0. The summed E-state index contributed by atoms with van der Waals surface area (Å²) in [5, 5.41) is 0. The van der Waals surface area contributed by atoms with Crippen molar-refractivity contribution in [3.8, 4) is 0 Å². The van der Waals surface area contributed by atoms with Gasteiger partial charge in [0, 0.05) is 0 Å². The van der Waals surface area contributed by atoms with E-state index in [9.17, 15) is 0 Å². The Morgan fingerprint density at radius 1 is 0.750 bits per heavy atom. The van der Waals surface area contributed by atoms with E-state index in [1.165, 1.54) is 0 Å². The number of hydrogen-bond donors (Lipinski definition) is 0. The Morgan fingerprint density at radius 2 is 0.750 bits per heavy atom. The summed E-state index contributed by atoms with van der Waals surface area (Å²) >= 11 is 0. The second kappa shape index (κ2) is 19.0. The molecule has 0 atom stereocenters. The van der Waals surface area contributed by atoms with Crippen molar-refractivity contribution in [3.63, 3.8) is 0 Å². The standard InChI is InChI=1S/Mn.2Se.Zn/q+2;2*-2;+2. The molecule has 0 fully saturated rings. The first-order valence-corrected chi connectivity index (χ1v) is 0. The van der Waals surface area contributed by atoms with Gasteiger partial charge in [-0.15, -0.1) is 0 Å². The molecule has 0 saturated heterocycles. The van der Waals surface area contributed by atoms with E-state index in [1.54, 1.807) is 0 Å². The Hall–Kier alpha value is 2.18. The van der Waals surface area contributed by atoms with Gasteiger partial charge in [-0.1, -0.05) is 0 Å². The van der Waals surface area contributed by atoms with Crippen molar-refractivity contribution in [1.29, 1.82) is 0 Å². The Morgan fingerprint density at radius 3 is 0.750 bits per heavy atom. The van der Waals surface area contributed by atoms with Crippen LogP contribution in [0.1, 0.15) is 0 Å². The summed E-state index contributed by atoms with van der Waals surface area (Å²) in [6.45, 7) is 0. The van der Waals surface area contributed by atoms with Gasteiger partial charge in [-0.2, -0.15) is 0 Å². The fourth-order valence-corrected chi connectivity index (χ4v) is 0. The van der Waals surface area contributed by atoms with Crippen LogP contribution in [-0.2, 0) is 36.5 Å². The molecule has 0 heterocycles. The van der Waals surface area contributed by atoms with Gasteiger partial charge in [-0.05, 0) is 0 Å². The molecule has 0 aromatic heterocycles. The minimum absolute atomic E-state index is 0. The van der Waals surface area contributed by atoms with E-state index in [0.29, 0.717) is 0 Å². The molecule has 0 aromatic rings. The van der Waals surface area contributed by atoms with Crippen LogP contribution in [0.5, 0.6) is 0 Å². The molecule has 0 aliphatic heterocycles. The first-order chi connectivity index (χ1) is 0. The smallest absolute Gasteiger partial charge is 2.00 e. The van der Waals surface area contributed by atoms with E-state index >= 15 is 0 Å². The van der Waals surface area contributed by atoms with Gasteiger partial charge in [0.2, 0.25) is 0 Å². The Kier molecular flexibility index (Phi) is 166. The quantitative estimate of drug-likeness (QED) is 0.511. The molecule has 0 N–H and O–H groups in total. The van der Waals surface area contributed by atoms with Gasteiger partial charge < -0.3 is 34.1 Å². The van der Waals surface area contributed by atoms with Crippen molar-refractivity contribution >= 4 is 34.1 Å². The van der Waals surface area contributed by atoms with Crippen molar-refractivity contribution in [3.05, 3.63) is 0 Å². The second-order valence-electron chi connectivity index (χ2n) is 0. The maximum atomic E-state index is 0. The summed E-state index contributed by atoms with van der Waals surface area (Å²) in [6, 6.07) is 0. The Labute approximate surface area is 70.0 Å². The van der Waals surface area contributed by atoms with E-state index in [0.717, 1.165) is 0 Å². The van der Waals surface area contributed by atoms with Gasteiger partial charge in [-0.25, -0.2) is 0 Å². The molecule has 1 radical (unpaired) electrons. The zero-order valence-corrected chi connectivity index (χ0v) is 9.48. The van der Waals surface area contributed by atoms with E-state index in [4.69, 9.17) is 0 Å². The SMILES string of the molecule is [Mn+2].[Se-2].[Se-2].[Zn+2]. The predicted octanol–water partition coefficient (Wildman–Crippen LogP) is -0.767. The van der Waals surface area contributed by atoms with Crippen LogP contribution in [0.25, 0.3) is 0 Å². The zero-order chi connectivity index (χ0) is 0. The molecule has 4 heavy (non-hydrogen) atoms. The van der Waals surface area contributed by atoms with Crippen LogP contribution >= 0.6 is 0 Å². The molecule has 0 spiro atoms. The van der Waals surface area contributed by atoms with Gasteiger partial charge in [-0.3, -0.25) is 0 Å². The number of hydrogen-bond acceptors (Lipinski definition) is 0. The van der Waals surface area contributed by atoms with Crippen molar-refractivity contribution in [2.45, 2.75) is 0 Å². The maximum absolute atomic E-state index is 0. The molecule has 0 nitrogen and oxygen atoms in total. The van der Waals surface area contributed by atoms with Crippen LogP contribution < -0.4 is 0 Å². The molecule has 0 aromatic carbocycles. The Balaban J connectivity index is 0. The minimum Gasteiger partial charge on any atom is -2.00 e. The summed E-state index contributed by atoms with van der Waals surface area (Å²) in [4.78, 5) is 0. The fraction of sp³-hybridized carbons (Fsp3) is 0. The molecular weight excluding hydrogens is 278 g/mol. The molecule has 0 amide bonds. The number of rotatable bonds is 0. The van der Waals surface area contributed by atoms with Crippen LogP contribution in [0.3, 0.4) is 0 Å². The Bertz CT molecular complexity index is 6.00. The summed E-state index contributed by atoms with van der Waals surface area (Å²) in [5.41, 5.74) is 0. The molecule has 0 aliphatic rings. The zero-order valence-electron chi connectivity index (χ0n) is 1.90. The van der Waals surface area contributed by atoms with Gasteiger partial charge in [0.1, 0.15) is 0 Å². The van der Waals surface area contributed by atoms with Crippen LogP contribution in [0.15, 0.2) is 0 Å². The molecule has 0 bridgehead atoms. The first kappa shape index (κ1) is 34.9. The second-order valence-corrected chi connectivity index (χ2v) is 0. The van der Waals surface area contributed by atoms with Crippen molar-refractivity contribution in [1.82, 2.24) is 0 Å². The average Bonchev–Trinajstić information content (AvgIpc) is 0. The summed E-state index contributed by atoms with van der Waals surface area (Å²) < 4.78 is 0. The summed E-state index contributed by atoms with van der Waals surface area (Å²) in [7, 11) is 0. The molecule has 21 valence electrons. The van der Waals surface area contributed by atoms with Gasteiger partial charge >= 0.3 is 36.5 Å². The van der Waals surface area contributed by atoms with Gasteiger partial charge in [0.25, 0.3) is 0 Å². The molecule has 0 aliphatic carbocycles. The first-order valence-electron chi connectivity index (χ1n) is 0. The predicted molar refractivity (Wildman–Crippen MR) is 11.5 cm³/mol. The molecule has 0 saturated carbocycles. The van der Waals surface area contributed by atoms with Crippen molar-refractivity contribution in [2.24, 2.45) is 0 Å². The topological polar surface area (TPSA) is 0 Å². The normalized spacial score (nSPS) is 0. The van der Waals surface area contributed by atoms with E-state index < -0.39 is 0 Å². The fourth-order valence-electron chi connectivity index (χ4n) is 0. The van der Waals surface area contributed by atoms with Crippen molar-refractivity contribution in [2.75, 3.05) is 0 Å². The van der Waals surface area contributed by atoms with Crippen LogP contribution in [0.4, 0.5) is 0 Å². The van der Waals surface area contributed by atoms with Gasteiger partial charge in [0.15, 0.2) is 0 Å². The van der Waals surface area contributed by atoms with Crippen LogP contribution in [0.2, 0.25) is 0 Å². The molecule has 4 heteroatoms. The maximum Gasteiger partial charge on any atom is 2.00 e. The van der Waals surface area contributed by atoms with Gasteiger partial charge in [0.05, 0.1) is 0 Å². The largest absolute Gasteiger partial charge is 2.00 e. The van der Waals surface area contributed by atoms with Crippen LogP contribution in [0, 0.1) is 0 Å². The third kappa shape index (κ3) is 8.89. The minimum atomic E-state index is 0. The summed E-state index contributed by atoms with van der Waals surface area (Å²) in [5.74, 6) is 0. The van der Waals surface area contributed by atoms with Crippen molar-refractivity contribution < 1.29 is 36.5 Å². The monoisotopic (exact) mass is 279 g/mol. The third-order valence-electron chi connectivity index (χ3n) is 0. The van der Waals surface area contributed by atoms with E-state index in [-0.39, 0.29) is 70.7 Å². The average molecular weight is 278 g/mol. The molecule has 0 unspecified atom stereocenters. The molecular formula is MnSe2Zn.